The Labute approximate surface area is 111 Å². The molecule has 0 aromatic heterocycles. The van der Waals surface area contributed by atoms with Crippen LogP contribution in [0.25, 0.3) is 0 Å². The second-order valence-corrected chi connectivity index (χ2v) is 6.38. The lowest BCUT2D eigenvalue weighted by Gasteiger charge is -2.40. The third-order valence-corrected chi connectivity index (χ3v) is 4.30. The topological polar surface area (TPSA) is 44.9 Å². The number of guanidine groups is 1. The third-order valence-electron chi connectivity index (χ3n) is 4.30. The molecule has 0 aromatic carbocycles. The molecule has 0 atom stereocenters. The molecule has 104 valence electrons. The van der Waals surface area contributed by atoms with E-state index < -0.39 is 0 Å². The maximum absolute atomic E-state index is 6.05. The average Bonchev–Trinajstić information content (AvgIpc) is 3.20. The molecule has 2 aliphatic rings. The van der Waals surface area contributed by atoms with E-state index >= 15 is 0 Å². The van der Waals surface area contributed by atoms with Gasteiger partial charge in [0, 0.05) is 18.6 Å². The summed E-state index contributed by atoms with van der Waals surface area (Å²) in [6, 6.07) is 0.645. The summed E-state index contributed by atoms with van der Waals surface area (Å²) in [5, 5.41) is 0. The highest BCUT2D eigenvalue weighted by Gasteiger charge is 2.30. The number of hydrogen-bond acceptors (Lipinski definition) is 2. The van der Waals surface area contributed by atoms with Crippen molar-refractivity contribution in [3.05, 3.63) is 0 Å². The van der Waals surface area contributed by atoms with Crippen molar-refractivity contribution in [2.75, 3.05) is 26.7 Å². The second kappa shape index (κ2) is 5.47. The smallest absolute Gasteiger partial charge is 0.191 e. The minimum atomic E-state index is 0.134. The van der Waals surface area contributed by atoms with Crippen molar-refractivity contribution in [1.82, 2.24) is 9.80 Å². The summed E-state index contributed by atoms with van der Waals surface area (Å²) < 4.78 is 0. The summed E-state index contributed by atoms with van der Waals surface area (Å²) in [7, 11) is 2.06. The number of nitrogens with two attached hydrogens (primary N) is 1. The number of likely N-dealkylation sites (tertiary alicyclic amines) is 1. The van der Waals surface area contributed by atoms with Crippen LogP contribution in [0.4, 0.5) is 0 Å². The Morgan fingerprint density at radius 1 is 1.28 bits per heavy atom. The highest BCUT2D eigenvalue weighted by Crippen LogP contribution is 2.25. The number of nitrogens with zero attached hydrogens (tertiary/aromatic N) is 3. The normalized spacial score (nSPS) is 23.2. The van der Waals surface area contributed by atoms with Crippen LogP contribution in [0.1, 0.15) is 46.0 Å². The van der Waals surface area contributed by atoms with Crippen molar-refractivity contribution in [3.63, 3.8) is 0 Å². The summed E-state index contributed by atoms with van der Waals surface area (Å²) in [5.74, 6) is 0.711. The number of piperidine rings is 1. The van der Waals surface area contributed by atoms with Crippen molar-refractivity contribution in [1.29, 1.82) is 0 Å². The molecule has 2 rings (SSSR count). The minimum absolute atomic E-state index is 0.134. The van der Waals surface area contributed by atoms with Gasteiger partial charge in [0.1, 0.15) is 0 Å². The van der Waals surface area contributed by atoms with E-state index in [0.717, 1.165) is 6.54 Å². The summed E-state index contributed by atoms with van der Waals surface area (Å²) in [6.45, 7) is 7.79. The number of aliphatic imine (C=N–C) groups is 1. The molecule has 1 heterocycles. The molecule has 0 spiro atoms. The van der Waals surface area contributed by atoms with Crippen LogP contribution in [0.2, 0.25) is 0 Å². The van der Waals surface area contributed by atoms with Crippen LogP contribution in [-0.4, -0.2) is 54.0 Å². The second-order valence-electron chi connectivity index (χ2n) is 6.38. The zero-order valence-electron chi connectivity index (χ0n) is 12.2. The van der Waals surface area contributed by atoms with Gasteiger partial charge in [-0.2, -0.15) is 0 Å². The van der Waals surface area contributed by atoms with E-state index in [1.54, 1.807) is 0 Å². The van der Waals surface area contributed by atoms with E-state index in [2.05, 4.69) is 35.7 Å². The largest absolute Gasteiger partial charge is 0.370 e. The van der Waals surface area contributed by atoms with Gasteiger partial charge in [-0.1, -0.05) is 6.42 Å². The molecule has 0 aromatic rings. The molecule has 0 unspecified atom stereocenters. The molecule has 1 aliphatic carbocycles. The molecule has 1 saturated carbocycles. The fourth-order valence-corrected chi connectivity index (χ4v) is 2.63. The highest BCUT2D eigenvalue weighted by molar-refractivity contribution is 5.78. The molecule has 0 amide bonds. The lowest BCUT2D eigenvalue weighted by Crippen LogP contribution is -2.49. The SMILES string of the molecule is CN(C(N)=NCC(C)(C)N1CCCCC1)C1CC1. The van der Waals surface area contributed by atoms with Gasteiger partial charge in [-0.25, -0.2) is 0 Å². The van der Waals surface area contributed by atoms with Gasteiger partial charge in [-0.15, -0.1) is 0 Å². The lowest BCUT2D eigenvalue weighted by molar-refractivity contribution is 0.102. The standard InChI is InChI=1S/C14H28N4/c1-14(2,18-9-5-4-6-10-18)11-16-13(15)17(3)12-7-8-12/h12H,4-11H2,1-3H3,(H2,15,16). The summed E-state index contributed by atoms with van der Waals surface area (Å²) >= 11 is 0. The van der Waals surface area contributed by atoms with E-state index in [0.29, 0.717) is 12.0 Å². The van der Waals surface area contributed by atoms with Gasteiger partial charge in [0.15, 0.2) is 5.96 Å². The zero-order valence-corrected chi connectivity index (χ0v) is 12.2. The minimum Gasteiger partial charge on any atom is -0.370 e. The van der Waals surface area contributed by atoms with Crippen molar-refractivity contribution in [2.24, 2.45) is 10.7 Å². The van der Waals surface area contributed by atoms with E-state index in [4.69, 9.17) is 5.73 Å². The first-order chi connectivity index (χ1) is 8.50. The van der Waals surface area contributed by atoms with Crippen molar-refractivity contribution in [2.45, 2.75) is 57.5 Å². The molecular weight excluding hydrogens is 224 g/mol. The first-order valence-electron chi connectivity index (χ1n) is 7.28. The Kier molecular flexibility index (Phi) is 4.15. The van der Waals surface area contributed by atoms with E-state index in [-0.39, 0.29) is 5.54 Å². The molecule has 2 fully saturated rings. The van der Waals surface area contributed by atoms with E-state index in [1.165, 1.54) is 45.2 Å². The van der Waals surface area contributed by atoms with Crippen LogP contribution in [0.15, 0.2) is 4.99 Å². The first-order valence-corrected chi connectivity index (χ1v) is 7.28. The van der Waals surface area contributed by atoms with Gasteiger partial charge < -0.3 is 10.6 Å². The van der Waals surface area contributed by atoms with Gasteiger partial charge in [0.05, 0.1) is 6.54 Å². The quantitative estimate of drug-likeness (QED) is 0.611. The van der Waals surface area contributed by atoms with Crippen LogP contribution in [-0.2, 0) is 0 Å². The first kappa shape index (κ1) is 13.7. The molecule has 1 saturated heterocycles. The molecule has 1 aliphatic heterocycles. The van der Waals surface area contributed by atoms with E-state index in [9.17, 15) is 0 Å². The van der Waals surface area contributed by atoms with Crippen molar-refractivity contribution >= 4 is 5.96 Å². The van der Waals surface area contributed by atoms with Crippen LogP contribution >= 0.6 is 0 Å². The Balaban J connectivity index is 1.87. The maximum Gasteiger partial charge on any atom is 0.191 e. The van der Waals surface area contributed by atoms with Gasteiger partial charge in [-0.3, -0.25) is 9.89 Å². The molecule has 0 bridgehead atoms. The van der Waals surface area contributed by atoms with Crippen LogP contribution in [0, 0.1) is 0 Å². The Bertz CT molecular complexity index is 301. The Hall–Kier alpha value is -0.770. The predicted octanol–water partition coefficient (Wildman–Crippen LogP) is 1.66. The summed E-state index contributed by atoms with van der Waals surface area (Å²) in [4.78, 5) is 9.30. The van der Waals surface area contributed by atoms with Crippen LogP contribution in [0.5, 0.6) is 0 Å². The fraction of sp³-hybridized carbons (Fsp3) is 0.929. The van der Waals surface area contributed by atoms with Gasteiger partial charge in [0.25, 0.3) is 0 Å². The monoisotopic (exact) mass is 252 g/mol. The van der Waals surface area contributed by atoms with Gasteiger partial charge in [0.2, 0.25) is 0 Å². The maximum atomic E-state index is 6.05. The van der Waals surface area contributed by atoms with Crippen molar-refractivity contribution in [3.8, 4) is 0 Å². The Morgan fingerprint density at radius 2 is 1.89 bits per heavy atom. The fourth-order valence-electron chi connectivity index (χ4n) is 2.63. The lowest BCUT2D eigenvalue weighted by atomic mass is 9.99. The van der Waals surface area contributed by atoms with Gasteiger partial charge >= 0.3 is 0 Å². The van der Waals surface area contributed by atoms with Crippen LogP contribution < -0.4 is 5.73 Å². The van der Waals surface area contributed by atoms with Crippen molar-refractivity contribution < 1.29 is 0 Å². The zero-order chi connectivity index (χ0) is 13.2. The molecule has 2 N–H and O–H groups in total. The summed E-state index contributed by atoms with van der Waals surface area (Å²) in [6.07, 6.45) is 6.56. The Morgan fingerprint density at radius 3 is 2.44 bits per heavy atom. The summed E-state index contributed by atoms with van der Waals surface area (Å²) in [5.41, 5.74) is 6.19. The average molecular weight is 252 g/mol. The highest BCUT2D eigenvalue weighted by atomic mass is 15.3. The third kappa shape index (κ3) is 3.37. The van der Waals surface area contributed by atoms with Gasteiger partial charge in [-0.05, 0) is 52.6 Å². The molecule has 4 nitrogen and oxygen atoms in total. The molecular formula is C14H28N4. The molecule has 4 heteroatoms. The molecule has 18 heavy (non-hydrogen) atoms. The number of rotatable bonds is 4. The van der Waals surface area contributed by atoms with Crippen LogP contribution in [0.3, 0.4) is 0 Å². The molecule has 0 radical (unpaired) electrons. The number of hydrogen-bond donors (Lipinski definition) is 1. The van der Waals surface area contributed by atoms with E-state index in [1.807, 2.05) is 0 Å². The predicted molar refractivity (Wildman–Crippen MR) is 76.8 cm³/mol.